The normalized spacial score (nSPS) is 11.8. The Bertz CT molecular complexity index is 1090. The Morgan fingerprint density at radius 1 is 1.14 bits per heavy atom. The Labute approximate surface area is 174 Å². The largest absolute Gasteiger partial charge is 0.449 e. The van der Waals surface area contributed by atoms with Crippen LogP contribution in [0.4, 0.5) is 4.79 Å². The molecule has 5 heteroatoms. The molecule has 3 aromatic rings. The fourth-order valence-electron chi connectivity index (χ4n) is 3.55. The van der Waals surface area contributed by atoms with Crippen molar-refractivity contribution < 1.29 is 9.53 Å². The molecule has 0 aliphatic heterocycles. The lowest BCUT2D eigenvalue weighted by Crippen LogP contribution is -2.26. The molecule has 0 fully saturated rings. The van der Waals surface area contributed by atoms with Crippen molar-refractivity contribution in [1.82, 2.24) is 10.3 Å². The molecule has 1 aromatic heterocycles. The van der Waals surface area contributed by atoms with Gasteiger partial charge in [0.25, 0.3) is 0 Å². The third-order valence-corrected chi connectivity index (χ3v) is 5.16. The first-order valence-corrected chi connectivity index (χ1v) is 9.71. The van der Waals surface area contributed by atoms with E-state index in [1.54, 1.807) is 6.20 Å². The summed E-state index contributed by atoms with van der Waals surface area (Å²) in [5.74, 6) is 5.83. The van der Waals surface area contributed by atoms with Crippen LogP contribution in [0.25, 0.3) is 11.1 Å². The predicted octanol–water partition coefficient (Wildman–Crippen LogP) is 4.93. The smallest absolute Gasteiger partial charge is 0.407 e. The Balaban J connectivity index is 1.36. The first kappa shape index (κ1) is 19.0. The van der Waals surface area contributed by atoms with Crippen LogP contribution in [-0.2, 0) is 4.74 Å². The predicted molar refractivity (Wildman–Crippen MR) is 114 cm³/mol. The highest BCUT2D eigenvalue weighted by atomic mass is 35.5. The van der Waals surface area contributed by atoms with Crippen molar-refractivity contribution in [1.29, 1.82) is 0 Å². The molecular weight excluding hydrogens is 384 g/mol. The number of fused-ring (bicyclic) bond motifs is 3. The van der Waals surface area contributed by atoms with Crippen LogP contribution < -0.4 is 5.32 Å². The maximum Gasteiger partial charge on any atom is 0.407 e. The Morgan fingerprint density at radius 2 is 1.79 bits per heavy atom. The zero-order chi connectivity index (χ0) is 20.2. The molecule has 1 heterocycles. The molecule has 1 N–H and O–H groups in total. The van der Waals surface area contributed by atoms with E-state index in [9.17, 15) is 4.79 Å². The fraction of sp³-hybridized carbons (Fsp3) is 0.167. The van der Waals surface area contributed by atoms with E-state index in [1.807, 2.05) is 37.3 Å². The lowest BCUT2D eigenvalue weighted by Gasteiger charge is -2.14. The number of nitrogens with zero attached hydrogens (tertiary/aromatic N) is 1. The summed E-state index contributed by atoms with van der Waals surface area (Å²) in [6, 6.07) is 18.3. The number of aryl methyl sites for hydroxylation is 1. The van der Waals surface area contributed by atoms with Crippen molar-refractivity contribution in [3.05, 3.63) is 88.2 Å². The SMILES string of the molecule is Cc1cnc(Cl)c(C#CCNC(=O)OCC2c3ccccc3-c3ccccc32)c1. The number of alkyl carbamates (subject to hydrolysis) is 1. The summed E-state index contributed by atoms with van der Waals surface area (Å²) in [5, 5.41) is 3.01. The summed E-state index contributed by atoms with van der Waals surface area (Å²) >= 11 is 6.02. The van der Waals surface area contributed by atoms with Gasteiger partial charge in [-0.2, -0.15) is 0 Å². The molecule has 0 spiro atoms. The van der Waals surface area contributed by atoms with Gasteiger partial charge < -0.3 is 10.1 Å². The van der Waals surface area contributed by atoms with Gasteiger partial charge in [-0.1, -0.05) is 72.0 Å². The van der Waals surface area contributed by atoms with Crippen LogP contribution in [0.2, 0.25) is 5.15 Å². The summed E-state index contributed by atoms with van der Waals surface area (Å²) in [5.41, 5.74) is 6.38. The molecule has 4 rings (SSSR count). The average molecular weight is 403 g/mol. The topological polar surface area (TPSA) is 51.2 Å². The van der Waals surface area contributed by atoms with E-state index >= 15 is 0 Å². The number of benzene rings is 2. The Kier molecular flexibility index (Phi) is 5.50. The second-order valence-electron chi connectivity index (χ2n) is 6.83. The molecular formula is C24H19ClN2O2. The monoisotopic (exact) mass is 402 g/mol. The van der Waals surface area contributed by atoms with Gasteiger partial charge in [0, 0.05) is 12.1 Å². The number of rotatable bonds is 3. The van der Waals surface area contributed by atoms with E-state index in [4.69, 9.17) is 16.3 Å². The van der Waals surface area contributed by atoms with Gasteiger partial charge in [0.1, 0.15) is 11.8 Å². The van der Waals surface area contributed by atoms with Gasteiger partial charge in [0.05, 0.1) is 12.1 Å². The van der Waals surface area contributed by atoms with Crippen LogP contribution in [0.3, 0.4) is 0 Å². The number of carbonyl (C=O) groups is 1. The number of ether oxygens (including phenoxy) is 1. The molecule has 0 saturated carbocycles. The number of halogens is 1. The highest BCUT2D eigenvalue weighted by molar-refractivity contribution is 6.30. The van der Waals surface area contributed by atoms with Crippen LogP contribution in [0.5, 0.6) is 0 Å². The molecule has 4 nitrogen and oxygen atoms in total. The number of carbonyl (C=O) groups excluding carboxylic acids is 1. The van der Waals surface area contributed by atoms with Crippen molar-refractivity contribution in [2.24, 2.45) is 0 Å². The van der Waals surface area contributed by atoms with E-state index in [-0.39, 0.29) is 19.1 Å². The average Bonchev–Trinajstić information content (AvgIpc) is 3.06. The second-order valence-corrected chi connectivity index (χ2v) is 7.19. The summed E-state index contributed by atoms with van der Waals surface area (Å²) in [6.45, 7) is 2.37. The number of nitrogens with one attached hydrogen (secondary N) is 1. The van der Waals surface area contributed by atoms with E-state index in [0.717, 1.165) is 5.56 Å². The van der Waals surface area contributed by atoms with Crippen molar-refractivity contribution in [2.45, 2.75) is 12.8 Å². The van der Waals surface area contributed by atoms with Crippen LogP contribution in [0.1, 0.15) is 28.2 Å². The minimum atomic E-state index is -0.491. The van der Waals surface area contributed by atoms with Crippen molar-refractivity contribution in [3.63, 3.8) is 0 Å². The number of hydrogen-bond donors (Lipinski definition) is 1. The molecule has 0 unspecified atom stereocenters. The van der Waals surface area contributed by atoms with Gasteiger partial charge in [-0.05, 0) is 40.8 Å². The summed E-state index contributed by atoms with van der Waals surface area (Å²) in [7, 11) is 0. The lowest BCUT2D eigenvalue weighted by atomic mass is 9.98. The standard InChI is InChI=1S/C24H19ClN2O2/c1-16-13-17(23(25)27-14-16)7-6-12-26-24(28)29-15-22-20-10-4-2-8-18(20)19-9-3-5-11-21(19)22/h2-5,8-11,13-14,22H,12,15H2,1H3,(H,26,28). The van der Waals surface area contributed by atoms with Crippen molar-refractivity contribution in [2.75, 3.05) is 13.2 Å². The molecule has 0 bridgehead atoms. The molecule has 1 amide bonds. The van der Waals surface area contributed by atoms with E-state index < -0.39 is 6.09 Å². The summed E-state index contributed by atoms with van der Waals surface area (Å²) in [4.78, 5) is 16.2. The van der Waals surface area contributed by atoms with Gasteiger partial charge >= 0.3 is 6.09 Å². The van der Waals surface area contributed by atoms with Crippen LogP contribution in [0, 0.1) is 18.8 Å². The molecule has 144 valence electrons. The zero-order valence-corrected chi connectivity index (χ0v) is 16.7. The third-order valence-electron chi connectivity index (χ3n) is 4.86. The van der Waals surface area contributed by atoms with E-state index in [2.05, 4.69) is 46.4 Å². The Morgan fingerprint density at radius 3 is 2.48 bits per heavy atom. The minimum Gasteiger partial charge on any atom is -0.449 e. The number of hydrogen-bond acceptors (Lipinski definition) is 3. The molecule has 1 aliphatic carbocycles. The highest BCUT2D eigenvalue weighted by Crippen LogP contribution is 2.44. The van der Waals surface area contributed by atoms with Crippen LogP contribution in [0.15, 0.2) is 60.8 Å². The van der Waals surface area contributed by atoms with Gasteiger partial charge in [0.2, 0.25) is 0 Å². The first-order chi connectivity index (χ1) is 14.1. The maximum atomic E-state index is 12.1. The van der Waals surface area contributed by atoms with Crippen molar-refractivity contribution >= 4 is 17.7 Å². The number of aromatic nitrogens is 1. The van der Waals surface area contributed by atoms with Gasteiger partial charge in [0.15, 0.2) is 0 Å². The van der Waals surface area contributed by atoms with Crippen molar-refractivity contribution in [3.8, 4) is 23.0 Å². The third kappa shape index (κ3) is 4.11. The molecule has 0 atom stereocenters. The summed E-state index contributed by atoms with van der Waals surface area (Å²) < 4.78 is 5.48. The molecule has 0 saturated heterocycles. The lowest BCUT2D eigenvalue weighted by molar-refractivity contribution is 0.144. The van der Waals surface area contributed by atoms with Gasteiger partial charge in [-0.3, -0.25) is 0 Å². The zero-order valence-electron chi connectivity index (χ0n) is 15.9. The van der Waals surface area contributed by atoms with Gasteiger partial charge in [-0.25, -0.2) is 9.78 Å². The van der Waals surface area contributed by atoms with Crippen LogP contribution in [-0.4, -0.2) is 24.2 Å². The Hall–Kier alpha value is -3.29. The minimum absolute atomic E-state index is 0.0383. The fourth-order valence-corrected chi connectivity index (χ4v) is 3.70. The second kappa shape index (κ2) is 8.38. The van der Waals surface area contributed by atoms with E-state index in [0.29, 0.717) is 10.7 Å². The maximum absolute atomic E-state index is 12.1. The van der Waals surface area contributed by atoms with E-state index in [1.165, 1.54) is 22.3 Å². The van der Waals surface area contributed by atoms with Crippen LogP contribution >= 0.6 is 11.6 Å². The quantitative estimate of drug-likeness (QED) is 0.499. The molecule has 2 aromatic carbocycles. The van der Waals surface area contributed by atoms with Gasteiger partial charge in [-0.15, -0.1) is 0 Å². The molecule has 0 radical (unpaired) electrons. The number of pyridine rings is 1. The molecule has 29 heavy (non-hydrogen) atoms. The highest BCUT2D eigenvalue weighted by Gasteiger charge is 2.28. The summed E-state index contributed by atoms with van der Waals surface area (Å²) in [6.07, 6.45) is 1.19. The first-order valence-electron chi connectivity index (χ1n) is 9.33. The molecule has 1 aliphatic rings. The number of amides is 1.